The molecule has 1 unspecified atom stereocenters. The van der Waals surface area contributed by atoms with E-state index in [1.807, 2.05) is 0 Å². The van der Waals surface area contributed by atoms with Crippen molar-refractivity contribution in [1.82, 2.24) is 24.6 Å². The van der Waals surface area contributed by atoms with Crippen LogP contribution in [0, 0.1) is 29.1 Å². The van der Waals surface area contributed by atoms with Gasteiger partial charge >= 0.3 is 0 Å². The lowest BCUT2D eigenvalue weighted by atomic mass is 10.1. The second kappa shape index (κ2) is 10.3. The predicted molar refractivity (Wildman–Crippen MR) is 128 cm³/mol. The standard InChI is InChI=1S/C24H18ClF5N6O3/c25-13(8-37)24(38)35-4-3-10(7-35)36-23-17(22(31)32-9-33-23)20(34-36)12-2-1-11(5-14(12)26)39-21-18(29)15(27)6-16(28)19(21)30/h1-2,5-6,9-10,13,37H,3-4,7-8H2,(H2,31,32,33)/t10-,13?/m1/s1. The molecule has 3 heterocycles. The molecule has 1 aliphatic heterocycles. The zero-order valence-electron chi connectivity index (χ0n) is 19.7. The maximum absolute atomic E-state index is 15.3. The van der Waals surface area contributed by atoms with Crippen LogP contribution in [0.15, 0.2) is 30.6 Å². The van der Waals surface area contributed by atoms with E-state index in [4.69, 9.17) is 22.1 Å². The quantitative estimate of drug-likeness (QED) is 0.205. The molecule has 1 amide bonds. The van der Waals surface area contributed by atoms with Crippen LogP contribution in [-0.4, -0.2) is 60.7 Å². The number of fused-ring (bicyclic) bond motifs is 1. The molecule has 39 heavy (non-hydrogen) atoms. The Morgan fingerprint density at radius 1 is 1.13 bits per heavy atom. The summed E-state index contributed by atoms with van der Waals surface area (Å²) in [6, 6.07) is 2.69. The van der Waals surface area contributed by atoms with E-state index in [0.717, 1.165) is 12.1 Å². The van der Waals surface area contributed by atoms with E-state index >= 15 is 4.39 Å². The summed E-state index contributed by atoms with van der Waals surface area (Å²) in [7, 11) is 0. The SMILES string of the molecule is Nc1ncnc2c1c(-c1ccc(Oc3c(F)c(F)cc(F)c3F)cc1F)nn2[C@@H]1CCN(C(=O)C(Cl)CO)C1. The number of aliphatic hydroxyl groups is 1. The van der Waals surface area contributed by atoms with Gasteiger partial charge in [0.15, 0.2) is 17.3 Å². The maximum Gasteiger partial charge on any atom is 0.243 e. The van der Waals surface area contributed by atoms with Crippen molar-refractivity contribution >= 4 is 34.4 Å². The van der Waals surface area contributed by atoms with Gasteiger partial charge in [0.05, 0.1) is 18.0 Å². The number of anilines is 1. The summed E-state index contributed by atoms with van der Waals surface area (Å²) in [5.74, 6) is -10.2. The Bertz CT molecular complexity index is 1580. The van der Waals surface area contributed by atoms with Crippen LogP contribution in [0.1, 0.15) is 12.5 Å². The number of benzene rings is 2. The highest BCUT2D eigenvalue weighted by atomic mass is 35.5. The van der Waals surface area contributed by atoms with Crippen molar-refractivity contribution in [1.29, 1.82) is 0 Å². The Morgan fingerprint density at radius 3 is 2.51 bits per heavy atom. The molecule has 9 nitrogen and oxygen atoms in total. The summed E-state index contributed by atoms with van der Waals surface area (Å²) >= 11 is 5.87. The number of nitrogens with zero attached hydrogens (tertiary/aromatic N) is 5. The molecule has 15 heteroatoms. The van der Waals surface area contributed by atoms with Crippen LogP contribution in [0.4, 0.5) is 27.8 Å². The monoisotopic (exact) mass is 568 g/mol. The van der Waals surface area contributed by atoms with E-state index in [0.29, 0.717) is 13.0 Å². The number of ether oxygens (including phenoxy) is 1. The number of carbonyl (C=O) groups excluding carboxylic acids is 1. The highest BCUT2D eigenvalue weighted by molar-refractivity contribution is 6.30. The number of alkyl halides is 1. The van der Waals surface area contributed by atoms with E-state index in [-0.39, 0.29) is 46.8 Å². The van der Waals surface area contributed by atoms with Gasteiger partial charge in [0, 0.05) is 30.8 Å². The zero-order valence-corrected chi connectivity index (χ0v) is 20.5. The van der Waals surface area contributed by atoms with Crippen molar-refractivity contribution in [2.75, 3.05) is 25.4 Å². The minimum atomic E-state index is -1.78. The summed E-state index contributed by atoms with van der Waals surface area (Å²) in [6.45, 7) is 0.00348. The fourth-order valence-corrected chi connectivity index (χ4v) is 4.50. The van der Waals surface area contributed by atoms with E-state index in [2.05, 4.69) is 15.1 Å². The minimum Gasteiger partial charge on any atom is -0.451 e. The molecule has 5 rings (SSSR count). The molecule has 2 aromatic heterocycles. The van der Waals surface area contributed by atoms with Crippen LogP contribution in [0.25, 0.3) is 22.3 Å². The largest absolute Gasteiger partial charge is 0.451 e. The Balaban J connectivity index is 1.51. The van der Waals surface area contributed by atoms with E-state index in [1.165, 1.54) is 22.0 Å². The number of halogens is 6. The third-order valence-electron chi connectivity index (χ3n) is 6.25. The third-order valence-corrected chi connectivity index (χ3v) is 6.58. The van der Waals surface area contributed by atoms with Gasteiger partial charge < -0.3 is 20.5 Å². The number of likely N-dealkylation sites (tertiary alicyclic amines) is 1. The summed E-state index contributed by atoms with van der Waals surface area (Å²) in [6.07, 6.45) is 1.66. The highest BCUT2D eigenvalue weighted by Gasteiger charge is 2.33. The van der Waals surface area contributed by atoms with Gasteiger partial charge in [-0.15, -0.1) is 11.6 Å². The number of carbonyl (C=O) groups is 1. The number of amides is 1. The minimum absolute atomic E-state index is 0.00705. The Morgan fingerprint density at radius 2 is 1.85 bits per heavy atom. The van der Waals surface area contributed by atoms with Crippen molar-refractivity contribution in [3.8, 4) is 22.8 Å². The maximum atomic E-state index is 15.3. The van der Waals surface area contributed by atoms with Crippen LogP contribution in [0.2, 0.25) is 0 Å². The second-order valence-electron chi connectivity index (χ2n) is 8.67. The van der Waals surface area contributed by atoms with Crippen LogP contribution in [0.3, 0.4) is 0 Å². The van der Waals surface area contributed by atoms with E-state index in [9.17, 15) is 27.5 Å². The topological polar surface area (TPSA) is 119 Å². The van der Waals surface area contributed by atoms with Crippen LogP contribution < -0.4 is 10.5 Å². The van der Waals surface area contributed by atoms with Gasteiger partial charge in [-0.3, -0.25) is 4.79 Å². The first-order valence-electron chi connectivity index (χ1n) is 11.4. The zero-order chi connectivity index (χ0) is 28.0. The molecular formula is C24H18ClF5N6O3. The van der Waals surface area contributed by atoms with Gasteiger partial charge in [0.2, 0.25) is 23.3 Å². The molecule has 0 radical (unpaired) electrons. The fraction of sp³-hybridized carbons (Fsp3) is 0.250. The predicted octanol–water partition coefficient (Wildman–Crippen LogP) is 3.94. The third kappa shape index (κ3) is 4.69. The first-order valence-corrected chi connectivity index (χ1v) is 11.9. The number of hydrogen-bond acceptors (Lipinski definition) is 7. The number of hydrogen-bond donors (Lipinski definition) is 2. The summed E-state index contributed by atoms with van der Waals surface area (Å²) in [4.78, 5) is 22.0. The number of aliphatic hydroxyl groups excluding tert-OH is 1. The molecule has 2 aromatic carbocycles. The molecule has 4 aromatic rings. The van der Waals surface area contributed by atoms with E-state index < -0.39 is 58.5 Å². The Hall–Kier alpha value is -4.04. The van der Waals surface area contributed by atoms with Gasteiger partial charge in [0.25, 0.3) is 0 Å². The lowest BCUT2D eigenvalue weighted by Crippen LogP contribution is -2.37. The molecule has 0 spiro atoms. The normalized spacial score (nSPS) is 16.2. The molecule has 0 bridgehead atoms. The van der Waals surface area contributed by atoms with Crippen molar-refractivity contribution in [2.45, 2.75) is 17.8 Å². The average Bonchev–Trinajstić information content (AvgIpc) is 3.55. The Kier molecular flexibility index (Phi) is 6.99. The molecule has 1 saturated heterocycles. The number of aromatic nitrogens is 4. The molecule has 0 saturated carbocycles. The smallest absolute Gasteiger partial charge is 0.243 e. The second-order valence-corrected chi connectivity index (χ2v) is 9.20. The molecular weight excluding hydrogens is 551 g/mol. The molecule has 1 aliphatic rings. The van der Waals surface area contributed by atoms with Crippen LogP contribution in [0.5, 0.6) is 11.5 Å². The lowest BCUT2D eigenvalue weighted by molar-refractivity contribution is -0.130. The summed E-state index contributed by atoms with van der Waals surface area (Å²) < 4.78 is 76.8. The van der Waals surface area contributed by atoms with Crippen molar-refractivity contribution in [3.63, 3.8) is 0 Å². The van der Waals surface area contributed by atoms with Gasteiger partial charge in [-0.25, -0.2) is 27.8 Å². The average molecular weight is 569 g/mol. The van der Waals surface area contributed by atoms with Gasteiger partial charge in [-0.2, -0.15) is 13.9 Å². The fourth-order valence-electron chi connectivity index (χ4n) is 4.37. The van der Waals surface area contributed by atoms with Crippen molar-refractivity contribution < 1.29 is 36.6 Å². The first-order chi connectivity index (χ1) is 18.6. The van der Waals surface area contributed by atoms with E-state index in [1.54, 1.807) is 0 Å². The molecule has 204 valence electrons. The van der Waals surface area contributed by atoms with Gasteiger partial charge in [0.1, 0.15) is 34.8 Å². The van der Waals surface area contributed by atoms with Crippen molar-refractivity contribution in [3.05, 3.63) is 59.7 Å². The Labute approximate surface area is 221 Å². The molecule has 1 fully saturated rings. The molecule has 3 N–H and O–H groups in total. The number of nitrogen functional groups attached to an aromatic ring is 1. The van der Waals surface area contributed by atoms with Crippen LogP contribution >= 0.6 is 11.6 Å². The molecule has 2 atom stereocenters. The van der Waals surface area contributed by atoms with Gasteiger partial charge in [-0.05, 0) is 18.6 Å². The first kappa shape index (κ1) is 26.6. The number of rotatable bonds is 6. The highest BCUT2D eigenvalue weighted by Crippen LogP contribution is 2.37. The summed E-state index contributed by atoms with van der Waals surface area (Å²) in [5.41, 5.74) is 6.27. The van der Waals surface area contributed by atoms with Crippen molar-refractivity contribution in [2.24, 2.45) is 0 Å². The summed E-state index contributed by atoms with van der Waals surface area (Å²) in [5, 5.41) is 12.8. The molecule has 0 aliphatic carbocycles. The van der Waals surface area contributed by atoms with Gasteiger partial charge in [-0.1, -0.05) is 0 Å². The number of nitrogens with two attached hydrogens (primary N) is 1. The lowest BCUT2D eigenvalue weighted by Gasteiger charge is -2.18. The van der Waals surface area contributed by atoms with Crippen LogP contribution in [-0.2, 0) is 4.79 Å².